The topological polar surface area (TPSA) is 74.2 Å². The molecule has 2 N–H and O–H groups in total. The van der Waals surface area contributed by atoms with Gasteiger partial charge in [-0.05, 0) is 23.8 Å². The fraction of sp³-hybridized carbons (Fsp3) is 0.429. The molecule has 0 radical (unpaired) electrons. The number of rotatable bonds is 8. The molecular formula is C14H18FN3O2. The van der Waals surface area contributed by atoms with Gasteiger partial charge in [0.1, 0.15) is 5.82 Å². The molecule has 0 bridgehead atoms. The molecule has 0 spiro atoms. The molecule has 0 aromatic heterocycles. The Morgan fingerprint density at radius 2 is 2.25 bits per heavy atom. The number of carbonyl (C=O) groups excluding carboxylic acids is 1. The summed E-state index contributed by atoms with van der Waals surface area (Å²) in [5.41, 5.74) is 1.02. The number of nitrogens with one attached hydrogen (secondary N) is 2. The van der Waals surface area contributed by atoms with E-state index in [-0.39, 0.29) is 11.7 Å². The van der Waals surface area contributed by atoms with Gasteiger partial charge in [-0.25, -0.2) is 4.39 Å². The van der Waals surface area contributed by atoms with Gasteiger partial charge in [0.25, 0.3) is 0 Å². The summed E-state index contributed by atoms with van der Waals surface area (Å²) in [4.78, 5) is 11.4. The van der Waals surface area contributed by atoms with Crippen LogP contribution in [0.5, 0.6) is 0 Å². The van der Waals surface area contributed by atoms with Crippen molar-refractivity contribution < 1.29 is 13.9 Å². The van der Waals surface area contributed by atoms with Crippen molar-refractivity contribution in [3.8, 4) is 6.07 Å². The maximum absolute atomic E-state index is 13.1. The molecule has 1 rings (SSSR count). The van der Waals surface area contributed by atoms with Crippen LogP contribution in [0.25, 0.3) is 0 Å². The lowest BCUT2D eigenvalue weighted by Crippen LogP contribution is -2.30. The summed E-state index contributed by atoms with van der Waals surface area (Å²) in [7, 11) is 1.57. The number of benzene rings is 1. The fourth-order valence-corrected chi connectivity index (χ4v) is 1.62. The highest BCUT2D eigenvalue weighted by atomic mass is 19.1. The number of halogens is 1. The summed E-state index contributed by atoms with van der Waals surface area (Å²) in [6.07, 6.45) is 0.320. The first kappa shape index (κ1) is 16.1. The normalized spacial score (nSPS) is 10.1. The second kappa shape index (κ2) is 9.02. The third-order valence-electron chi connectivity index (χ3n) is 2.66. The predicted molar refractivity (Wildman–Crippen MR) is 72.3 cm³/mol. The Labute approximate surface area is 117 Å². The molecule has 0 fully saturated rings. The molecular weight excluding hydrogens is 261 g/mol. The van der Waals surface area contributed by atoms with E-state index >= 15 is 0 Å². The highest BCUT2D eigenvalue weighted by molar-refractivity contribution is 5.76. The van der Waals surface area contributed by atoms with Gasteiger partial charge in [-0.15, -0.1) is 0 Å². The number of hydrogen-bond donors (Lipinski definition) is 2. The van der Waals surface area contributed by atoms with Crippen molar-refractivity contribution in [2.75, 3.05) is 26.8 Å². The van der Waals surface area contributed by atoms with Gasteiger partial charge in [-0.1, -0.05) is 0 Å². The minimum atomic E-state index is -0.377. The Hall–Kier alpha value is -1.97. The van der Waals surface area contributed by atoms with Gasteiger partial charge in [-0.3, -0.25) is 4.79 Å². The number of amides is 1. The van der Waals surface area contributed by atoms with E-state index in [2.05, 4.69) is 10.6 Å². The molecule has 0 saturated carbocycles. The summed E-state index contributed by atoms with van der Waals surface area (Å²) in [5.74, 6) is -0.451. The Kier molecular flexibility index (Phi) is 7.25. The molecule has 0 aliphatic carbocycles. The van der Waals surface area contributed by atoms with E-state index in [0.29, 0.717) is 43.8 Å². The molecule has 20 heavy (non-hydrogen) atoms. The Bertz CT molecular complexity index is 486. The number of carbonyl (C=O) groups is 1. The Morgan fingerprint density at radius 3 is 2.95 bits per heavy atom. The van der Waals surface area contributed by atoms with Gasteiger partial charge >= 0.3 is 0 Å². The zero-order valence-electron chi connectivity index (χ0n) is 11.4. The van der Waals surface area contributed by atoms with E-state index < -0.39 is 0 Å². The lowest BCUT2D eigenvalue weighted by Gasteiger charge is -2.07. The highest BCUT2D eigenvalue weighted by Crippen LogP contribution is 2.09. The molecule has 1 amide bonds. The van der Waals surface area contributed by atoms with Crippen LogP contribution in [0.2, 0.25) is 0 Å². The molecule has 0 saturated heterocycles. The number of nitriles is 1. The van der Waals surface area contributed by atoms with Crippen LogP contribution in [0, 0.1) is 17.1 Å². The molecule has 0 atom stereocenters. The van der Waals surface area contributed by atoms with E-state index in [1.54, 1.807) is 7.11 Å². The average molecular weight is 279 g/mol. The minimum Gasteiger partial charge on any atom is -0.383 e. The smallest absolute Gasteiger partial charge is 0.221 e. The highest BCUT2D eigenvalue weighted by Gasteiger charge is 2.04. The van der Waals surface area contributed by atoms with Crippen LogP contribution in [-0.2, 0) is 16.1 Å². The van der Waals surface area contributed by atoms with Crippen molar-refractivity contribution in [3.63, 3.8) is 0 Å². The van der Waals surface area contributed by atoms with Crippen LogP contribution in [0.4, 0.5) is 4.39 Å². The van der Waals surface area contributed by atoms with Crippen molar-refractivity contribution in [3.05, 3.63) is 35.1 Å². The predicted octanol–water partition coefficient (Wildman–Crippen LogP) is 0.940. The van der Waals surface area contributed by atoms with Crippen LogP contribution in [0.15, 0.2) is 18.2 Å². The second-order valence-electron chi connectivity index (χ2n) is 4.18. The number of methoxy groups -OCH3 is 1. The van der Waals surface area contributed by atoms with Gasteiger partial charge in [-0.2, -0.15) is 5.26 Å². The molecule has 5 nitrogen and oxygen atoms in total. The summed E-state index contributed by atoms with van der Waals surface area (Å²) < 4.78 is 17.9. The van der Waals surface area contributed by atoms with Crippen LogP contribution >= 0.6 is 0 Å². The van der Waals surface area contributed by atoms with E-state index in [0.717, 1.165) is 0 Å². The second-order valence-corrected chi connectivity index (χ2v) is 4.18. The van der Waals surface area contributed by atoms with Crippen molar-refractivity contribution in [2.24, 2.45) is 0 Å². The summed E-state index contributed by atoms with van der Waals surface area (Å²) in [5, 5.41) is 14.6. The van der Waals surface area contributed by atoms with Gasteiger partial charge in [0.15, 0.2) is 0 Å². The quantitative estimate of drug-likeness (QED) is 0.695. The van der Waals surface area contributed by atoms with Gasteiger partial charge in [0.05, 0.1) is 18.2 Å². The number of ether oxygens (including phenoxy) is 1. The fourth-order valence-electron chi connectivity index (χ4n) is 1.62. The number of nitrogens with zero attached hydrogens (tertiary/aromatic N) is 1. The largest absolute Gasteiger partial charge is 0.383 e. The lowest BCUT2D eigenvalue weighted by atomic mass is 10.1. The van der Waals surface area contributed by atoms with E-state index in [9.17, 15) is 9.18 Å². The van der Waals surface area contributed by atoms with Crippen LogP contribution in [0.3, 0.4) is 0 Å². The third-order valence-corrected chi connectivity index (χ3v) is 2.66. The van der Waals surface area contributed by atoms with Gasteiger partial charge < -0.3 is 15.4 Å². The van der Waals surface area contributed by atoms with E-state index in [1.807, 2.05) is 6.07 Å². The Morgan fingerprint density at radius 1 is 1.45 bits per heavy atom. The van der Waals surface area contributed by atoms with Crippen molar-refractivity contribution in [1.29, 1.82) is 5.26 Å². The minimum absolute atomic E-state index is 0.0747. The van der Waals surface area contributed by atoms with E-state index in [4.69, 9.17) is 10.00 Å². The first-order valence-electron chi connectivity index (χ1n) is 6.32. The van der Waals surface area contributed by atoms with Crippen molar-refractivity contribution in [2.45, 2.75) is 13.0 Å². The first-order chi connectivity index (χ1) is 9.67. The summed E-state index contributed by atoms with van der Waals surface area (Å²) in [6, 6.07) is 6.03. The lowest BCUT2D eigenvalue weighted by molar-refractivity contribution is -0.121. The van der Waals surface area contributed by atoms with Crippen LogP contribution < -0.4 is 10.6 Å². The molecule has 0 aliphatic rings. The molecule has 1 aromatic rings. The maximum Gasteiger partial charge on any atom is 0.221 e. The standard InChI is InChI=1S/C14H18FN3O2/c1-20-7-6-18-14(19)4-5-17-10-12-8-13(15)3-2-11(12)9-16/h2-3,8,17H,4-7,10H2,1H3,(H,18,19). The SMILES string of the molecule is COCCNC(=O)CCNCc1cc(F)ccc1C#N. The molecule has 6 heteroatoms. The zero-order chi connectivity index (χ0) is 14.8. The molecule has 108 valence electrons. The van der Waals surface area contributed by atoms with Crippen LogP contribution in [-0.4, -0.2) is 32.7 Å². The van der Waals surface area contributed by atoms with Crippen molar-refractivity contribution in [1.82, 2.24) is 10.6 Å². The first-order valence-corrected chi connectivity index (χ1v) is 6.32. The molecule has 0 heterocycles. The van der Waals surface area contributed by atoms with Gasteiger partial charge in [0.2, 0.25) is 5.91 Å². The van der Waals surface area contributed by atoms with Crippen molar-refractivity contribution >= 4 is 5.91 Å². The monoisotopic (exact) mass is 279 g/mol. The third kappa shape index (κ3) is 5.78. The van der Waals surface area contributed by atoms with Crippen LogP contribution in [0.1, 0.15) is 17.5 Å². The molecule has 0 unspecified atom stereocenters. The van der Waals surface area contributed by atoms with Gasteiger partial charge in [0, 0.05) is 33.2 Å². The van der Waals surface area contributed by atoms with E-state index in [1.165, 1.54) is 18.2 Å². The summed E-state index contributed by atoms with van der Waals surface area (Å²) in [6.45, 7) is 1.78. The zero-order valence-corrected chi connectivity index (χ0v) is 11.4. The maximum atomic E-state index is 13.1. The Balaban J connectivity index is 2.29. The molecule has 1 aromatic carbocycles. The molecule has 0 aliphatic heterocycles. The number of hydrogen-bond acceptors (Lipinski definition) is 4. The summed E-state index contributed by atoms with van der Waals surface area (Å²) >= 11 is 0. The average Bonchev–Trinajstić information content (AvgIpc) is 2.44.